The molecule has 0 amide bonds. The molecule has 26 heavy (non-hydrogen) atoms. The van der Waals surface area contributed by atoms with E-state index in [1.165, 1.54) is 11.3 Å². The van der Waals surface area contributed by atoms with E-state index < -0.39 is 6.02 Å². The van der Waals surface area contributed by atoms with Crippen LogP contribution in [0.4, 0.5) is 5.69 Å². The van der Waals surface area contributed by atoms with Crippen molar-refractivity contribution in [3.63, 3.8) is 0 Å². The van der Waals surface area contributed by atoms with Gasteiger partial charge >= 0.3 is 0 Å². The van der Waals surface area contributed by atoms with Crippen molar-refractivity contribution in [1.82, 2.24) is 4.90 Å². The van der Waals surface area contributed by atoms with Crippen molar-refractivity contribution in [2.45, 2.75) is 58.9 Å². The van der Waals surface area contributed by atoms with Gasteiger partial charge in [0.05, 0.1) is 19.6 Å². The number of aryl methyl sites for hydroxylation is 1. The zero-order valence-electron chi connectivity index (χ0n) is 17.5. The molecule has 1 fully saturated rings. The maximum Gasteiger partial charge on any atom is 0.0886 e. The molecule has 2 nitrogen and oxygen atoms in total. The van der Waals surface area contributed by atoms with E-state index in [4.69, 9.17) is 0 Å². The highest BCUT2D eigenvalue weighted by molar-refractivity contribution is 5.57. The van der Waals surface area contributed by atoms with Crippen LogP contribution in [0.2, 0.25) is 0 Å². The van der Waals surface area contributed by atoms with Gasteiger partial charge in [0.25, 0.3) is 0 Å². The number of hydrogen-bond acceptors (Lipinski definition) is 2. The van der Waals surface area contributed by atoms with Crippen LogP contribution in [0.3, 0.4) is 0 Å². The Morgan fingerprint density at radius 1 is 0.923 bits per heavy atom. The number of benzene rings is 2. The number of rotatable bonds is 2. The highest BCUT2D eigenvalue weighted by Crippen LogP contribution is 2.48. The molecule has 2 aliphatic heterocycles. The van der Waals surface area contributed by atoms with Crippen molar-refractivity contribution < 1.29 is 1.37 Å². The van der Waals surface area contributed by atoms with Gasteiger partial charge in [-0.3, -0.25) is 4.90 Å². The second kappa shape index (κ2) is 6.28. The van der Waals surface area contributed by atoms with E-state index >= 15 is 0 Å². The summed E-state index contributed by atoms with van der Waals surface area (Å²) in [6.45, 7) is 11.4. The Hall–Kier alpha value is -2.06. The van der Waals surface area contributed by atoms with Crippen molar-refractivity contribution in [2.75, 3.05) is 4.90 Å². The predicted molar refractivity (Wildman–Crippen MR) is 110 cm³/mol. The standard InChI is InChI=1S/C24H30N2/c1-17-11-9-10-14-20(17)25-18(2)21-15-16-22(19-12-7-6-8-13-19)26(21)23(25)24(3,4)5/h6-16,18,21-23H,1-5H3/t18-,21?,22?,23?/m0/s1/i22D. The summed E-state index contributed by atoms with van der Waals surface area (Å²) in [7, 11) is 0. The first-order valence-corrected chi connectivity index (χ1v) is 9.62. The monoisotopic (exact) mass is 347 g/mol. The average Bonchev–Trinajstić information content (AvgIpc) is 3.13. The Bertz CT molecular complexity index is 854. The molecular formula is C24H30N2. The highest BCUT2D eigenvalue weighted by atomic mass is 15.5. The third kappa shape index (κ3) is 2.68. The SMILES string of the molecule is [2H]C1(c2ccccc2)C=CC2[C@H](C)N(c3ccccc3C)C(C(C)(C)C)N21. The molecule has 2 aromatic rings. The maximum absolute atomic E-state index is 9.47. The third-order valence-electron chi connectivity index (χ3n) is 5.75. The second-order valence-electron chi connectivity index (χ2n) is 8.68. The van der Waals surface area contributed by atoms with E-state index in [0.717, 1.165) is 5.56 Å². The van der Waals surface area contributed by atoms with E-state index in [9.17, 15) is 1.37 Å². The lowest BCUT2D eigenvalue weighted by Crippen LogP contribution is -2.50. The summed E-state index contributed by atoms with van der Waals surface area (Å²) in [6.07, 6.45) is 4.48. The molecular weight excluding hydrogens is 316 g/mol. The normalized spacial score (nSPS) is 32.0. The first-order chi connectivity index (χ1) is 12.7. The minimum Gasteiger partial charge on any atom is -0.350 e. The van der Waals surface area contributed by atoms with Gasteiger partial charge in [-0.2, -0.15) is 0 Å². The lowest BCUT2D eigenvalue weighted by molar-refractivity contribution is 0.107. The van der Waals surface area contributed by atoms with Gasteiger partial charge in [-0.25, -0.2) is 0 Å². The van der Waals surface area contributed by atoms with Gasteiger partial charge in [0.15, 0.2) is 0 Å². The van der Waals surface area contributed by atoms with Gasteiger partial charge in [0.2, 0.25) is 0 Å². The molecule has 0 aromatic heterocycles. The predicted octanol–water partition coefficient (Wildman–Crippen LogP) is 5.56. The van der Waals surface area contributed by atoms with Crippen LogP contribution in [0.5, 0.6) is 0 Å². The molecule has 0 spiro atoms. The first-order valence-electron chi connectivity index (χ1n) is 10.1. The zero-order valence-corrected chi connectivity index (χ0v) is 16.5. The molecule has 4 atom stereocenters. The molecule has 1 saturated heterocycles. The van der Waals surface area contributed by atoms with Crippen LogP contribution < -0.4 is 4.90 Å². The number of fused-ring (bicyclic) bond motifs is 1. The fourth-order valence-corrected chi connectivity index (χ4v) is 4.63. The molecule has 136 valence electrons. The van der Waals surface area contributed by atoms with Gasteiger partial charge < -0.3 is 4.90 Å². The number of nitrogens with zero attached hydrogens (tertiary/aromatic N) is 2. The molecule has 0 aliphatic carbocycles. The van der Waals surface area contributed by atoms with Crippen LogP contribution in [-0.4, -0.2) is 23.1 Å². The van der Waals surface area contributed by atoms with Crippen molar-refractivity contribution in [2.24, 2.45) is 5.41 Å². The van der Waals surface area contributed by atoms with E-state index in [-0.39, 0.29) is 17.6 Å². The van der Waals surface area contributed by atoms with Crippen molar-refractivity contribution >= 4 is 5.69 Å². The van der Waals surface area contributed by atoms with Gasteiger partial charge in [-0.05, 0) is 36.5 Å². The number of anilines is 1. The van der Waals surface area contributed by atoms with Crippen molar-refractivity contribution in [3.05, 3.63) is 77.9 Å². The molecule has 4 rings (SSSR count). The highest BCUT2D eigenvalue weighted by Gasteiger charge is 2.53. The van der Waals surface area contributed by atoms with Gasteiger partial charge in [0.1, 0.15) is 0 Å². The summed E-state index contributed by atoms with van der Waals surface area (Å²) >= 11 is 0. The Kier molecular flexibility index (Phi) is 3.90. The van der Waals surface area contributed by atoms with Crippen molar-refractivity contribution in [3.8, 4) is 0 Å². The zero-order chi connectivity index (χ0) is 19.4. The molecule has 3 unspecified atom stereocenters. The van der Waals surface area contributed by atoms with Gasteiger partial charge in [-0.15, -0.1) is 0 Å². The van der Waals surface area contributed by atoms with Crippen LogP contribution in [0.25, 0.3) is 0 Å². The van der Waals surface area contributed by atoms with Crippen LogP contribution >= 0.6 is 0 Å². The first kappa shape index (κ1) is 16.1. The minimum atomic E-state index is -0.838. The smallest absolute Gasteiger partial charge is 0.0886 e. The topological polar surface area (TPSA) is 6.48 Å². The van der Waals surface area contributed by atoms with Crippen LogP contribution in [-0.2, 0) is 0 Å². The Labute approximate surface area is 159 Å². The second-order valence-corrected chi connectivity index (χ2v) is 8.68. The van der Waals surface area contributed by atoms with E-state index in [1.54, 1.807) is 0 Å². The Morgan fingerprint density at radius 2 is 1.58 bits per heavy atom. The summed E-state index contributed by atoms with van der Waals surface area (Å²) in [4.78, 5) is 4.97. The minimum absolute atomic E-state index is 0.00160. The van der Waals surface area contributed by atoms with E-state index in [0.29, 0.717) is 6.04 Å². The van der Waals surface area contributed by atoms with Crippen LogP contribution in [0, 0.1) is 12.3 Å². The molecule has 2 aliphatic rings. The number of hydrogen-bond donors (Lipinski definition) is 0. The molecule has 2 heterocycles. The van der Waals surface area contributed by atoms with Crippen molar-refractivity contribution in [1.29, 1.82) is 0 Å². The lowest BCUT2D eigenvalue weighted by Gasteiger charge is -2.44. The summed E-state index contributed by atoms with van der Waals surface area (Å²) in [5, 5.41) is 0. The summed E-state index contributed by atoms with van der Waals surface area (Å²) < 4.78 is 9.47. The largest absolute Gasteiger partial charge is 0.350 e. The van der Waals surface area contributed by atoms with Crippen LogP contribution in [0.15, 0.2) is 66.7 Å². The van der Waals surface area contributed by atoms with Gasteiger partial charge in [-0.1, -0.05) is 81.5 Å². The third-order valence-corrected chi connectivity index (χ3v) is 5.75. The van der Waals surface area contributed by atoms with Gasteiger partial charge in [0, 0.05) is 11.7 Å². The number of para-hydroxylation sites is 1. The fraction of sp³-hybridized carbons (Fsp3) is 0.417. The van der Waals surface area contributed by atoms with E-state index in [1.807, 2.05) is 18.2 Å². The summed E-state index contributed by atoms with van der Waals surface area (Å²) in [5.74, 6) is 0. The maximum atomic E-state index is 9.47. The Balaban J connectivity index is 1.87. The van der Waals surface area contributed by atoms with E-state index in [2.05, 4.69) is 93.0 Å². The Morgan fingerprint density at radius 3 is 2.23 bits per heavy atom. The fourth-order valence-electron chi connectivity index (χ4n) is 4.63. The molecule has 0 bridgehead atoms. The molecule has 2 aromatic carbocycles. The molecule has 2 heteroatoms. The van der Waals surface area contributed by atoms with Crippen LogP contribution in [0.1, 0.15) is 46.2 Å². The molecule has 0 radical (unpaired) electrons. The lowest BCUT2D eigenvalue weighted by atomic mass is 9.89. The average molecular weight is 348 g/mol. The molecule has 0 N–H and O–H groups in total. The summed E-state index contributed by atoms with van der Waals surface area (Å²) in [5.41, 5.74) is 3.61. The molecule has 0 saturated carbocycles. The quantitative estimate of drug-likeness (QED) is 0.657. The summed E-state index contributed by atoms with van der Waals surface area (Å²) in [6, 6.07) is 18.6.